The molecule has 0 spiro atoms. The predicted octanol–water partition coefficient (Wildman–Crippen LogP) is 14.0. The van der Waals surface area contributed by atoms with E-state index >= 15 is 0 Å². The molecule has 0 amide bonds. The summed E-state index contributed by atoms with van der Waals surface area (Å²) in [5.41, 5.74) is 14.7. The summed E-state index contributed by atoms with van der Waals surface area (Å²) < 4.78 is 28.8. The van der Waals surface area contributed by atoms with E-state index in [0.29, 0.717) is 52.1 Å². The fraction of sp³-hybridized carbons (Fsp3) is 0.613. The number of benzene rings is 4. The zero-order chi connectivity index (χ0) is 50.4. The molecule has 0 N–H and O–H groups in total. The van der Waals surface area contributed by atoms with Gasteiger partial charge in [0.05, 0.1) is 13.2 Å². The number of likely N-dealkylation sites (tertiary alicyclic amines) is 2. The molecular weight excluding hydrogens is 901 g/mol. The molecule has 384 valence electrons. The van der Waals surface area contributed by atoms with E-state index in [9.17, 15) is 0 Å². The van der Waals surface area contributed by atoms with Crippen molar-refractivity contribution in [2.45, 2.75) is 156 Å². The second kappa shape index (κ2) is 23.3. The van der Waals surface area contributed by atoms with Gasteiger partial charge in [-0.25, -0.2) is 0 Å². The molecule has 0 atom stereocenters. The molecule has 8 heteroatoms. The number of fused-ring (bicyclic) bond motifs is 8. The molecule has 0 aromatic heterocycles. The molecule has 0 unspecified atom stereocenters. The van der Waals surface area contributed by atoms with Crippen LogP contribution >= 0.6 is 23.5 Å². The lowest BCUT2D eigenvalue weighted by Gasteiger charge is -2.29. The molecule has 7 rings (SSSR count). The predicted molar refractivity (Wildman–Crippen MR) is 302 cm³/mol. The van der Waals surface area contributed by atoms with Gasteiger partial charge in [0, 0.05) is 50.3 Å². The van der Waals surface area contributed by atoms with Crippen molar-refractivity contribution in [2.24, 2.45) is 0 Å². The summed E-state index contributed by atoms with van der Waals surface area (Å²) in [4.78, 5) is 5.14. The highest BCUT2D eigenvalue weighted by Crippen LogP contribution is 2.44. The average Bonchev–Trinajstić information content (AvgIpc) is 4.00. The number of ether oxygens (including phenoxy) is 4. The van der Waals surface area contributed by atoms with Crippen LogP contribution in [0.4, 0.5) is 0 Å². The third kappa shape index (κ3) is 14.0. The molecule has 2 aliphatic heterocycles. The van der Waals surface area contributed by atoms with Gasteiger partial charge in [-0.3, -0.25) is 9.80 Å². The number of rotatable bonds is 16. The third-order valence-corrected chi connectivity index (χ3v) is 15.9. The van der Waals surface area contributed by atoms with E-state index in [1.54, 1.807) is 0 Å². The molecule has 4 aromatic carbocycles. The van der Waals surface area contributed by atoms with Crippen molar-refractivity contribution in [1.82, 2.24) is 9.80 Å². The Morgan fingerprint density at radius 2 is 0.571 bits per heavy atom. The zero-order valence-electron chi connectivity index (χ0n) is 46.1. The number of hydrogen-bond acceptors (Lipinski definition) is 8. The fourth-order valence-corrected chi connectivity index (χ4v) is 10.9. The van der Waals surface area contributed by atoms with Crippen LogP contribution in [0, 0.1) is 0 Å². The van der Waals surface area contributed by atoms with Crippen LogP contribution in [-0.2, 0) is 47.3 Å². The van der Waals surface area contributed by atoms with E-state index in [1.807, 2.05) is 23.5 Å². The van der Waals surface area contributed by atoms with Gasteiger partial charge in [-0.1, -0.05) is 132 Å². The van der Waals surface area contributed by atoms with Crippen LogP contribution in [0.25, 0.3) is 0 Å². The monoisotopic (exact) mass is 991 g/mol. The van der Waals surface area contributed by atoms with E-state index < -0.39 is 0 Å². The van der Waals surface area contributed by atoms with Crippen LogP contribution in [-0.4, -0.2) is 99.5 Å². The average molecular weight is 992 g/mol. The molecule has 2 saturated heterocycles. The van der Waals surface area contributed by atoms with Crippen LogP contribution in [0.1, 0.15) is 176 Å². The van der Waals surface area contributed by atoms with Crippen LogP contribution in [0.5, 0.6) is 23.0 Å². The van der Waals surface area contributed by atoms with Crippen LogP contribution in [0.15, 0.2) is 48.5 Å². The first-order chi connectivity index (χ1) is 33.1. The normalized spacial score (nSPS) is 16.2. The number of thioether (sulfide) groups is 2. The topological polar surface area (TPSA) is 43.4 Å². The minimum atomic E-state index is -0.0940. The molecule has 2 heterocycles. The smallest absolute Gasteiger partial charge is 0.126 e. The lowest BCUT2D eigenvalue weighted by Crippen LogP contribution is -2.25. The summed E-state index contributed by atoms with van der Waals surface area (Å²) in [6.45, 7) is 37.2. The molecule has 0 radical (unpaired) electrons. The van der Waals surface area contributed by atoms with E-state index in [4.69, 9.17) is 18.9 Å². The van der Waals surface area contributed by atoms with Gasteiger partial charge in [0.15, 0.2) is 0 Å². The quantitative estimate of drug-likeness (QED) is 0.0906. The van der Waals surface area contributed by atoms with E-state index in [-0.39, 0.29) is 21.7 Å². The van der Waals surface area contributed by atoms with Crippen molar-refractivity contribution >= 4 is 23.5 Å². The van der Waals surface area contributed by atoms with E-state index in [0.717, 1.165) is 73.8 Å². The summed E-state index contributed by atoms with van der Waals surface area (Å²) in [5, 5.41) is 0. The molecule has 70 heavy (non-hydrogen) atoms. The Labute approximate surface area is 434 Å². The van der Waals surface area contributed by atoms with Gasteiger partial charge >= 0.3 is 0 Å². The number of nitrogens with zero attached hydrogens (tertiary/aromatic N) is 2. The Kier molecular flexibility index (Phi) is 18.1. The third-order valence-electron chi connectivity index (χ3n) is 14.7. The summed E-state index contributed by atoms with van der Waals surface area (Å²) in [7, 11) is 0. The molecule has 3 aliphatic rings. The first-order valence-corrected chi connectivity index (χ1v) is 29.5. The lowest BCUT2D eigenvalue weighted by molar-refractivity contribution is 0.235. The lowest BCUT2D eigenvalue weighted by atomic mass is 9.79. The fourth-order valence-electron chi connectivity index (χ4n) is 10.4. The molecule has 4 aromatic rings. The highest BCUT2D eigenvalue weighted by atomic mass is 32.2. The maximum absolute atomic E-state index is 7.28. The van der Waals surface area contributed by atoms with Gasteiger partial charge < -0.3 is 18.9 Å². The minimum absolute atomic E-state index is 0.0940. The van der Waals surface area contributed by atoms with E-state index in [2.05, 4.69) is 154 Å². The Morgan fingerprint density at radius 3 is 0.771 bits per heavy atom. The van der Waals surface area contributed by atoms with Gasteiger partial charge in [0.25, 0.3) is 0 Å². The maximum atomic E-state index is 7.28. The van der Waals surface area contributed by atoms with Gasteiger partial charge in [-0.05, 0) is 153 Å². The zero-order valence-corrected chi connectivity index (χ0v) is 47.7. The Bertz CT molecular complexity index is 2120. The van der Waals surface area contributed by atoms with Crippen LogP contribution < -0.4 is 18.9 Å². The van der Waals surface area contributed by atoms with Crippen molar-refractivity contribution < 1.29 is 18.9 Å². The van der Waals surface area contributed by atoms with Crippen LogP contribution in [0.2, 0.25) is 0 Å². The molecule has 1 aliphatic carbocycles. The van der Waals surface area contributed by atoms with Crippen molar-refractivity contribution in [1.29, 1.82) is 0 Å². The van der Waals surface area contributed by atoms with Gasteiger partial charge in [-0.2, -0.15) is 23.5 Å². The van der Waals surface area contributed by atoms with Crippen molar-refractivity contribution in [2.75, 3.05) is 89.7 Å². The molecule has 2 fully saturated rings. The molecule has 0 saturated carbocycles. The molecule has 6 nitrogen and oxygen atoms in total. The van der Waals surface area contributed by atoms with Crippen molar-refractivity contribution in [3.05, 3.63) is 115 Å². The highest BCUT2D eigenvalue weighted by molar-refractivity contribution is 7.98. The Hall–Kier alpha value is -3.30. The Balaban J connectivity index is 1.56. The second-order valence-corrected chi connectivity index (χ2v) is 26.6. The van der Waals surface area contributed by atoms with Crippen LogP contribution in [0.3, 0.4) is 0 Å². The van der Waals surface area contributed by atoms with Gasteiger partial charge in [0.1, 0.15) is 36.2 Å². The largest absolute Gasteiger partial charge is 0.492 e. The van der Waals surface area contributed by atoms with Gasteiger partial charge in [0.2, 0.25) is 0 Å². The van der Waals surface area contributed by atoms with Crippen molar-refractivity contribution in [3.63, 3.8) is 0 Å². The SMILES string of the molecule is CSCCOc1c2cc(C(C)(C)C)cc1Cc1cc(C(C)(C)C)cc(c1OCCN1CCCC1)Cc1cc(C(C)(C)C)cc(c1OCCSC)Cc1cc(C(C)(C)C)cc(c1OCCN1CCCC1)C2. The maximum Gasteiger partial charge on any atom is 0.126 e. The first-order valence-electron chi connectivity index (χ1n) is 26.7. The standard InChI is InChI=1S/C62H90N2O4S2/c1-59(2,3)51-35-43-31-47-39-53(61(7,8)9)41-49(57(47)67-27-29-69-13)33-45-37-52(60(4,5)6)38-46(56(45)66-26-24-64-21-17-18-22-64)34-50-42-54(62(10,11)12)40-48(58(50)68-28-30-70-14)32-44(36-51)55(43)65-25-23-63-19-15-16-20-63/h35-42H,15-34H2,1-14H3. The number of hydrogen-bond donors (Lipinski definition) is 0. The summed E-state index contributed by atoms with van der Waals surface area (Å²) in [5.74, 6) is 5.88. The Morgan fingerprint density at radius 1 is 0.357 bits per heavy atom. The minimum Gasteiger partial charge on any atom is -0.492 e. The summed E-state index contributed by atoms with van der Waals surface area (Å²) in [6, 6.07) is 19.7. The first kappa shape index (κ1) is 54.5. The summed E-state index contributed by atoms with van der Waals surface area (Å²) >= 11 is 3.67. The molecular formula is C62H90N2O4S2. The molecule has 8 bridgehead atoms. The highest BCUT2D eigenvalue weighted by Gasteiger charge is 2.30. The summed E-state index contributed by atoms with van der Waals surface area (Å²) in [6.07, 6.45) is 12.2. The van der Waals surface area contributed by atoms with Gasteiger partial charge in [-0.15, -0.1) is 0 Å². The second-order valence-electron chi connectivity index (χ2n) is 24.7. The van der Waals surface area contributed by atoms with Crippen molar-refractivity contribution in [3.8, 4) is 23.0 Å². The van der Waals surface area contributed by atoms with E-state index in [1.165, 1.54) is 92.4 Å².